The monoisotopic (exact) mass is 585 g/mol. The lowest BCUT2D eigenvalue weighted by Gasteiger charge is -2.31. The third kappa shape index (κ3) is 6.62. The fourth-order valence-corrected chi connectivity index (χ4v) is 5.13. The van der Waals surface area contributed by atoms with E-state index in [1.807, 2.05) is 37.4 Å². The summed E-state index contributed by atoms with van der Waals surface area (Å²) >= 11 is 0. The zero-order valence-corrected chi connectivity index (χ0v) is 24.4. The third-order valence-corrected chi connectivity index (χ3v) is 7.11. The van der Waals surface area contributed by atoms with Crippen LogP contribution < -0.4 is 4.90 Å². The quantitative estimate of drug-likeness (QED) is 0.268. The van der Waals surface area contributed by atoms with E-state index in [2.05, 4.69) is 28.9 Å². The molecule has 0 radical (unpaired) electrons. The number of rotatable bonds is 7. The molecule has 1 aliphatic rings. The maximum atomic E-state index is 15.0. The summed E-state index contributed by atoms with van der Waals surface area (Å²) in [7, 11) is 0. The molecule has 3 aromatic heterocycles. The normalized spacial score (nSPS) is 14.2. The number of benzene rings is 1. The van der Waals surface area contributed by atoms with Crippen LogP contribution >= 0.6 is 24.8 Å². The van der Waals surface area contributed by atoms with Gasteiger partial charge in [-0.1, -0.05) is 13.8 Å². The minimum atomic E-state index is -0.692. The van der Waals surface area contributed by atoms with Crippen molar-refractivity contribution in [2.24, 2.45) is 0 Å². The van der Waals surface area contributed by atoms with Crippen LogP contribution in [0.1, 0.15) is 72.2 Å². The van der Waals surface area contributed by atoms with E-state index < -0.39 is 11.7 Å². The molecule has 7 nitrogen and oxygen atoms in total. The van der Waals surface area contributed by atoms with Crippen molar-refractivity contribution in [2.45, 2.75) is 65.0 Å². The SMILES string of the molecule is Cc1ccnc(Cn2cc(CN(C(=O)C3CCCc4c(O)ccc(F)c43)c3ccc(C(C)C)nc3)cn2)c1.Cl.Cl. The lowest BCUT2D eigenvalue weighted by Crippen LogP contribution is -2.36. The Morgan fingerprint density at radius 3 is 2.65 bits per heavy atom. The van der Waals surface area contributed by atoms with Gasteiger partial charge in [-0.05, 0) is 74.1 Å². The van der Waals surface area contributed by atoms with Crippen molar-refractivity contribution >= 4 is 36.4 Å². The lowest BCUT2D eigenvalue weighted by molar-refractivity contribution is -0.120. The summed E-state index contributed by atoms with van der Waals surface area (Å²) in [5.74, 6) is -1.07. The Kier molecular flexibility index (Phi) is 10.3. The van der Waals surface area contributed by atoms with Crippen molar-refractivity contribution in [3.63, 3.8) is 0 Å². The van der Waals surface area contributed by atoms with E-state index in [-0.39, 0.29) is 48.9 Å². The minimum absolute atomic E-state index is 0. The van der Waals surface area contributed by atoms with Gasteiger partial charge in [0.2, 0.25) is 5.91 Å². The van der Waals surface area contributed by atoms with E-state index in [1.54, 1.807) is 28.2 Å². The maximum absolute atomic E-state index is 15.0. The summed E-state index contributed by atoms with van der Waals surface area (Å²) in [4.78, 5) is 24.7. The number of anilines is 1. The number of carbonyl (C=O) groups excluding carboxylic acids is 1. The van der Waals surface area contributed by atoms with Crippen LogP contribution in [0.5, 0.6) is 5.75 Å². The summed E-state index contributed by atoms with van der Waals surface area (Å²) in [6.07, 6.45) is 8.89. The van der Waals surface area contributed by atoms with Gasteiger partial charge < -0.3 is 10.0 Å². The van der Waals surface area contributed by atoms with Crippen LogP contribution in [-0.2, 0) is 24.3 Å². The van der Waals surface area contributed by atoms with E-state index >= 15 is 4.39 Å². The molecule has 1 aromatic carbocycles. The van der Waals surface area contributed by atoms with Crippen LogP contribution in [0, 0.1) is 12.7 Å². The van der Waals surface area contributed by atoms with Crippen LogP contribution in [0.25, 0.3) is 0 Å². The molecule has 1 N–H and O–H groups in total. The molecule has 212 valence electrons. The first-order chi connectivity index (χ1) is 18.3. The van der Waals surface area contributed by atoms with Crippen molar-refractivity contribution in [3.05, 3.63) is 101 Å². The van der Waals surface area contributed by atoms with Crippen LogP contribution in [0.4, 0.5) is 10.1 Å². The van der Waals surface area contributed by atoms with Crippen LogP contribution in [0.2, 0.25) is 0 Å². The first-order valence-electron chi connectivity index (χ1n) is 13.0. The maximum Gasteiger partial charge on any atom is 0.235 e. The predicted octanol–water partition coefficient (Wildman–Crippen LogP) is 6.49. The molecule has 10 heteroatoms. The number of aromatic nitrogens is 4. The topological polar surface area (TPSA) is 84.1 Å². The van der Waals surface area contributed by atoms with Gasteiger partial charge in [0.25, 0.3) is 0 Å². The molecule has 40 heavy (non-hydrogen) atoms. The van der Waals surface area contributed by atoms with Crippen molar-refractivity contribution in [3.8, 4) is 5.75 Å². The van der Waals surface area contributed by atoms with Crippen LogP contribution in [-0.4, -0.2) is 30.8 Å². The standard InChI is InChI=1S/C30H32FN5O2.2ClH/c1-19(2)27-9-7-23(15-33-27)36(17-21-14-34-35(16-21)18-22-13-20(3)11-12-32-22)30(38)25-6-4-5-24-28(37)10-8-26(31)29(24)25;;/h7-16,19,25,37H,4-6,17-18H2,1-3H3;2*1H. The Balaban J connectivity index is 0.00000220. The minimum Gasteiger partial charge on any atom is -0.508 e. The lowest BCUT2D eigenvalue weighted by atomic mass is 9.81. The second-order valence-corrected chi connectivity index (χ2v) is 10.3. The Labute approximate surface area is 246 Å². The van der Waals surface area contributed by atoms with E-state index in [9.17, 15) is 9.90 Å². The molecular weight excluding hydrogens is 552 g/mol. The first kappa shape index (κ1) is 31.0. The van der Waals surface area contributed by atoms with Gasteiger partial charge in [-0.15, -0.1) is 24.8 Å². The van der Waals surface area contributed by atoms with Crippen molar-refractivity contribution in [2.75, 3.05) is 4.90 Å². The van der Waals surface area contributed by atoms with E-state index in [4.69, 9.17) is 0 Å². The van der Waals surface area contributed by atoms with E-state index in [0.717, 1.165) is 22.5 Å². The molecular formula is C30H34Cl2FN5O2. The molecule has 1 amide bonds. The Bertz CT molecular complexity index is 1460. The highest BCUT2D eigenvalue weighted by molar-refractivity contribution is 5.98. The number of nitrogens with zero attached hydrogens (tertiary/aromatic N) is 5. The smallest absolute Gasteiger partial charge is 0.235 e. The number of hydrogen-bond acceptors (Lipinski definition) is 5. The van der Waals surface area contributed by atoms with Gasteiger partial charge in [0, 0.05) is 34.8 Å². The van der Waals surface area contributed by atoms with Crippen LogP contribution in [0.3, 0.4) is 0 Å². The molecule has 5 rings (SSSR count). The van der Waals surface area contributed by atoms with Crippen molar-refractivity contribution in [1.29, 1.82) is 0 Å². The van der Waals surface area contributed by atoms with Gasteiger partial charge in [0.15, 0.2) is 0 Å². The van der Waals surface area contributed by atoms with Gasteiger partial charge >= 0.3 is 0 Å². The average molecular weight is 587 g/mol. The highest BCUT2D eigenvalue weighted by Crippen LogP contribution is 2.40. The first-order valence-corrected chi connectivity index (χ1v) is 13.0. The Hall–Kier alpha value is -3.49. The number of carbonyl (C=O) groups is 1. The van der Waals surface area contributed by atoms with Crippen LogP contribution in [0.15, 0.2) is 61.2 Å². The summed E-state index contributed by atoms with van der Waals surface area (Å²) in [6.45, 7) is 6.93. The van der Waals surface area contributed by atoms with E-state index in [1.165, 1.54) is 12.1 Å². The van der Waals surface area contributed by atoms with Crippen molar-refractivity contribution in [1.82, 2.24) is 19.7 Å². The van der Waals surface area contributed by atoms with Gasteiger partial charge in [0.05, 0.1) is 42.8 Å². The number of amides is 1. The number of pyridine rings is 2. The fourth-order valence-electron chi connectivity index (χ4n) is 5.13. The number of aryl methyl sites for hydroxylation is 1. The van der Waals surface area contributed by atoms with Gasteiger partial charge in [-0.3, -0.25) is 19.4 Å². The second-order valence-electron chi connectivity index (χ2n) is 10.3. The number of halogens is 3. The summed E-state index contributed by atoms with van der Waals surface area (Å²) in [5, 5.41) is 14.9. The fraction of sp³-hybridized carbons (Fsp3) is 0.333. The Morgan fingerprint density at radius 1 is 1.15 bits per heavy atom. The number of phenolic OH excluding ortho intramolecular Hbond substituents is 1. The predicted molar refractivity (Wildman–Crippen MR) is 158 cm³/mol. The molecule has 1 aliphatic carbocycles. The summed E-state index contributed by atoms with van der Waals surface area (Å²) in [6, 6.07) is 10.4. The van der Waals surface area contributed by atoms with E-state index in [0.29, 0.717) is 42.6 Å². The molecule has 0 saturated heterocycles. The van der Waals surface area contributed by atoms with Gasteiger partial charge in [-0.25, -0.2) is 4.39 Å². The molecule has 1 unspecified atom stereocenters. The average Bonchev–Trinajstić information content (AvgIpc) is 3.35. The van der Waals surface area contributed by atoms with Crippen molar-refractivity contribution < 1.29 is 14.3 Å². The zero-order chi connectivity index (χ0) is 26.8. The van der Waals surface area contributed by atoms with Gasteiger partial charge in [-0.2, -0.15) is 5.10 Å². The number of phenols is 1. The number of hydrogen-bond donors (Lipinski definition) is 1. The largest absolute Gasteiger partial charge is 0.508 e. The molecule has 3 heterocycles. The molecule has 0 saturated carbocycles. The highest BCUT2D eigenvalue weighted by atomic mass is 35.5. The Morgan fingerprint density at radius 2 is 1.95 bits per heavy atom. The highest BCUT2D eigenvalue weighted by Gasteiger charge is 2.34. The van der Waals surface area contributed by atoms with Gasteiger partial charge in [0.1, 0.15) is 11.6 Å². The second kappa shape index (κ2) is 13.2. The summed E-state index contributed by atoms with van der Waals surface area (Å²) < 4.78 is 16.8. The zero-order valence-electron chi connectivity index (χ0n) is 22.7. The summed E-state index contributed by atoms with van der Waals surface area (Å²) in [5.41, 5.74) is 5.27. The number of aromatic hydroxyl groups is 1. The third-order valence-electron chi connectivity index (χ3n) is 7.11. The molecule has 0 spiro atoms. The molecule has 1 atom stereocenters. The molecule has 4 aromatic rings. The molecule has 0 fully saturated rings. The molecule has 0 aliphatic heterocycles. The number of fused-ring (bicyclic) bond motifs is 1. The molecule has 0 bridgehead atoms.